The summed E-state index contributed by atoms with van der Waals surface area (Å²) in [5.74, 6) is 1.28. The van der Waals surface area contributed by atoms with Gasteiger partial charge in [-0.15, -0.1) is 0 Å². The van der Waals surface area contributed by atoms with Gasteiger partial charge in [0.05, 0.1) is 18.2 Å². The van der Waals surface area contributed by atoms with Gasteiger partial charge in [-0.2, -0.15) is 0 Å². The maximum absolute atomic E-state index is 12.8. The van der Waals surface area contributed by atoms with Crippen molar-refractivity contribution in [1.29, 1.82) is 0 Å². The lowest BCUT2D eigenvalue weighted by Crippen LogP contribution is -2.65. The molecule has 0 aromatic heterocycles. The maximum atomic E-state index is 12.8. The van der Waals surface area contributed by atoms with Crippen LogP contribution in [0.4, 0.5) is 10.5 Å². The van der Waals surface area contributed by atoms with Crippen molar-refractivity contribution >= 4 is 34.9 Å². The van der Waals surface area contributed by atoms with Gasteiger partial charge in [0.15, 0.2) is 5.72 Å². The van der Waals surface area contributed by atoms with Gasteiger partial charge in [0, 0.05) is 22.7 Å². The summed E-state index contributed by atoms with van der Waals surface area (Å²) in [6, 6.07) is 10.3. The largest absolute Gasteiger partial charge is 0.497 e. The Labute approximate surface area is 155 Å². The van der Waals surface area contributed by atoms with E-state index in [9.17, 15) is 4.79 Å². The molecule has 0 saturated carbocycles. The van der Waals surface area contributed by atoms with Crippen LogP contribution < -0.4 is 19.7 Å². The number of ether oxygens (including phenoxy) is 2. The number of hydrogen-bond donors (Lipinski definition) is 1. The molecule has 2 amide bonds. The molecule has 0 aliphatic carbocycles. The van der Waals surface area contributed by atoms with E-state index in [0.717, 1.165) is 11.3 Å². The Morgan fingerprint density at radius 1 is 1.28 bits per heavy atom. The van der Waals surface area contributed by atoms with Gasteiger partial charge >= 0.3 is 6.03 Å². The van der Waals surface area contributed by atoms with E-state index in [1.807, 2.05) is 31.2 Å². The Hall–Kier alpha value is -2.11. The second-order valence-corrected chi connectivity index (χ2v) is 7.17. The average Bonchev–Trinajstić information content (AvgIpc) is 2.56. The van der Waals surface area contributed by atoms with Crippen molar-refractivity contribution < 1.29 is 14.3 Å². The third-order valence-electron chi connectivity index (χ3n) is 4.62. The van der Waals surface area contributed by atoms with Crippen LogP contribution in [0.3, 0.4) is 0 Å². The summed E-state index contributed by atoms with van der Waals surface area (Å²) in [6.45, 7) is 1.89. The highest BCUT2D eigenvalue weighted by molar-refractivity contribution is 6.35. The fraction of sp³-hybridized carbons (Fsp3) is 0.278. The molecule has 1 N–H and O–H groups in total. The molecule has 5 nitrogen and oxygen atoms in total. The molecule has 2 heterocycles. The van der Waals surface area contributed by atoms with Crippen LogP contribution in [0.15, 0.2) is 36.4 Å². The van der Waals surface area contributed by atoms with Crippen molar-refractivity contribution in [3.8, 4) is 11.5 Å². The first-order valence-electron chi connectivity index (χ1n) is 7.84. The maximum Gasteiger partial charge on any atom is 0.325 e. The molecule has 2 aromatic carbocycles. The van der Waals surface area contributed by atoms with E-state index < -0.39 is 5.72 Å². The van der Waals surface area contributed by atoms with E-state index >= 15 is 0 Å². The standard InChI is InChI=1S/C18H16Cl2N2O3/c1-18-9-15(13-7-10(19)8-14(20)16(13)25-18)21-17(23)22(18)11-3-5-12(24-2)6-4-11/h3-8,15H,9H2,1-2H3,(H,21,23)/t15-,18-/m0/s1. The number of amides is 2. The molecule has 2 aliphatic heterocycles. The zero-order valence-corrected chi connectivity index (χ0v) is 15.2. The van der Waals surface area contributed by atoms with Crippen LogP contribution in [0.25, 0.3) is 0 Å². The second-order valence-electron chi connectivity index (χ2n) is 6.32. The fourth-order valence-corrected chi connectivity index (χ4v) is 4.06. The molecule has 0 radical (unpaired) electrons. The molecular weight excluding hydrogens is 363 g/mol. The smallest absolute Gasteiger partial charge is 0.325 e. The topological polar surface area (TPSA) is 50.8 Å². The molecule has 1 saturated heterocycles. The fourth-order valence-electron chi connectivity index (χ4n) is 3.51. The highest BCUT2D eigenvalue weighted by Crippen LogP contribution is 2.49. The first-order valence-corrected chi connectivity index (χ1v) is 8.59. The molecule has 2 aliphatic rings. The summed E-state index contributed by atoms with van der Waals surface area (Å²) >= 11 is 12.4. The predicted molar refractivity (Wildman–Crippen MR) is 96.9 cm³/mol. The molecule has 7 heteroatoms. The van der Waals surface area contributed by atoms with Gasteiger partial charge in [-0.25, -0.2) is 4.79 Å². The average molecular weight is 379 g/mol. The number of nitrogens with zero attached hydrogens (tertiary/aromatic N) is 1. The lowest BCUT2D eigenvalue weighted by atomic mass is 9.90. The Kier molecular flexibility index (Phi) is 3.74. The first kappa shape index (κ1) is 16.4. The normalized spacial score (nSPS) is 24.2. The number of halogens is 2. The van der Waals surface area contributed by atoms with E-state index in [2.05, 4.69) is 5.32 Å². The van der Waals surface area contributed by atoms with E-state index in [1.54, 1.807) is 24.1 Å². The van der Waals surface area contributed by atoms with Crippen molar-refractivity contribution in [3.05, 3.63) is 52.0 Å². The van der Waals surface area contributed by atoms with Gasteiger partial charge in [0.25, 0.3) is 0 Å². The van der Waals surface area contributed by atoms with Gasteiger partial charge in [0.2, 0.25) is 0 Å². The van der Waals surface area contributed by atoms with Crippen LogP contribution in [-0.2, 0) is 0 Å². The van der Waals surface area contributed by atoms with Crippen molar-refractivity contribution in [2.24, 2.45) is 0 Å². The van der Waals surface area contributed by atoms with Gasteiger partial charge in [0.1, 0.15) is 11.5 Å². The highest BCUT2D eigenvalue weighted by atomic mass is 35.5. The molecule has 4 rings (SSSR count). The number of anilines is 1. The van der Waals surface area contributed by atoms with E-state index in [4.69, 9.17) is 32.7 Å². The van der Waals surface area contributed by atoms with Crippen LogP contribution in [0.5, 0.6) is 11.5 Å². The van der Waals surface area contributed by atoms with Gasteiger partial charge < -0.3 is 14.8 Å². The predicted octanol–water partition coefficient (Wildman–Crippen LogP) is 4.77. The number of benzene rings is 2. The molecule has 25 heavy (non-hydrogen) atoms. The Morgan fingerprint density at radius 3 is 2.68 bits per heavy atom. The molecule has 1 fully saturated rings. The van der Waals surface area contributed by atoms with Crippen LogP contribution >= 0.6 is 23.2 Å². The Bertz CT molecular complexity index is 856. The Balaban J connectivity index is 1.78. The molecule has 0 spiro atoms. The minimum atomic E-state index is -0.855. The Morgan fingerprint density at radius 2 is 2.00 bits per heavy atom. The molecule has 2 atom stereocenters. The van der Waals surface area contributed by atoms with Crippen molar-refractivity contribution in [2.75, 3.05) is 12.0 Å². The summed E-state index contributed by atoms with van der Waals surface area (Å²) in [5.41, 5.74) is 0.664. The zero-order chi connectivity index (χ0) is 17.8. The number of rotatable bonds is 2. The minimum absolute atomic E-state index is 0.202. The molecule has 0 unspecified atom stereocenters. The summed E-state index contributed by atoms with van der Waals surface area (Å²) in [5, 5.41) is 3.97. The van der Waals surface area contributed by atoms with Gasteiger partial charge in [-0.1, -0.05) is 23.2 Å². The summed E-state index contributed by atoms with van der Waals surface area (Å²) < 4.78 is 11.4. The van der Waals surface area contributed by atoms with E-state index in [-0.39, 0.29) is 12.1 Å². The van der Waals surface area contributed by atoms with Crippen LogP contribution in [-0.4, -0.2) is 18.9 Å². The third-order valence-corrected chi connectivity index (χ3v) is 5.12. The second kappa shape index (κ2) is 5.71. The number of methoxy groups -OCH3 is 1. The monoisotopic (exact) mass is 378 g/mol. The zero-order valence-electron chi connectivity index (χ0n) is 13.7. The molecule has 2 aromatic rings. The molecular formula is C18H16Cl2N2O3. The lowest BCUT2D eigenvalue weighted by molar-refractivity contribution is 0.0380. The van der Waals surface area contributed by atoms with Gasteiger partial charge in [-0.05, 0) is 43.3 Å². The molecule has 2 bridgehead atoms. The van der Waals surface area contributed by atoms with Crippen LogP contribution in [0, 0.1) is 0 Å². The van der Waals surface area contributed by atoms with Crippen LogP contribution in [0.1, 0.15) is 24.9 Å². The quantitative estimate of drug-likeness (QED) is 0.818. The number of fused-ring (bicyclic) bond motifs is 4. The summed E-state index contributed by atoms with van der Waals surface area (Å²) in [6.07, 6.45) is 0.578. The van der Waals surface area contributed by atoms with Crippen molar-refractivity contribution in [1.82, 2.24) is 5.32 Å². The number of carbonyl (C=O) groups is 1. The number of carbonyl (C=O) groups excluding carboxylic acids is 1. The van der Waals surface area contributed by atoms with Crippen molar-refractivity contribution in [2.45, 2.75) is 25.1 Å². The first-order chi connectivity index (χ1) is 11.9. The SMILES string of the molecule is COc1ccc(N2C(=O)N[C@H]3C[C@]2(C)Oc2c(Cl)cc(Cl)cc23)cc1. The lowest BCUT2D eigenvalue weighted by Gasteiger charge is -2.50. The third kappa shape index (κ3) is 2.58. The van der Waals surface area contributed by atoms with Crippen LogP contribution in [0.2, 0.25) is 10.0 Å². The number of hydrogen-bond acceptors (Lipinski definition) is 3. The van der Waals surface area contributed by atoms with Gasteiger partial charge in [-0.3, -0.25) is 4.90 Å². The minimum Gasteiger partial charge on any atom is -0.497 e. The summed E-state index contributed by atoms with van der Waals surface area (Å²) in [7, 11) is 1.60. The highest BCUT2D eigenvalue weighted by Gasteiger charge is 2.50. The van der Waals surface area contributed by atoms with E-state index in [1.165, 1.54) is 0 Å². The number of nitrogens with one attached hydrogen (secondary N) is 1. The molecule has 130 valence electrons. The van der Waals surface area contributed by atoms with E-state index in [0.29, 0.717) is 27.9 Å². The van der Waals surface area contributed by atoms with Crippen molar-refractivity contribution in [3.63, 3.8) is 0 Å². The summed E-state index contributed by atoms with van der Waals surface area (Å²) in [4.78, 5) is 14.4. The number of urea groups is 1.